The molecule has 316 valence electrons. The lowest BCUT2D eigenvalue weighted by Crippen LogP contribution is -2.28. The van der Waals surface area contributed by atoms with Crippen molar-refractivity contribution < 1.29 is 42.5 Å². The number of amides is 3. The molecule has 1 unspecified atom stereocenters. The number of phenols is 1. The molecule has 0 aliphatic carbocycles. The van der Waals surface area contributed by atoms with Crippen LogP contribution in [0.3, 0.4) is 0 Å². The number of phenolic OH excluding ortho intramolecular Hbond substituents is 1. The maximum Gasteiger partial charge on any atom is 0.262 e. The second-order valence-electron chi connectivity index (χ2n) is 14.3. The fourth-order valence-electron chi connectivity index (χ4n) is 6.81. The van der Waals surface area contributed by atoms with Crippen molar-refractivity contribution in [1.29, 1.82) is 0 Å². The Morgan fingerprint density at radius 2 is 1.79 bits per heavy atom. The molecule has 1 aliphatic rings. The zero-order chi connectivity index (χ0) is 44.0. The van der Waals surface area contributed by atoms with Gasteiger partial charge in [0.25, 0.3) is 17.7 Å². The Bertz CT molecular complexity index is 2890. The number of anilines is 4. The van der Waals surface area contributed by atoms with Gasteiger partial charge in [0.15, 0.2) is 12.4 Å². The second-order valence-corrected chi connectivity index (χ2v) is 16.3. The molecule has 62 heavy (non-hydrogen) atoms. The van der Waals surface area contributed by atoms with Crippen molar-refractivity contribution in [1.82, 2.24) is 10.3 Å². The quantitative estimate of drug-likeness (QED) is 0.0382. The van der Waals surface area contributed by atoms with E-state index >= 15 is 0 Å². The summed E-state index contributed by atoms with van der Waals surface area (Å²) >= 11 is 0. The van der Waals surface area contributed by atoms with Crippen LogP contribution in [0.4, 0.5) is 22.7 Å². The summed E-state index contributed by atoms with van der Waals surface area (Å²) in [5.74, 6) is 5.22. The predicted molar refractivity (Wildman–Crippen MR) is 234 cm³/mol. The van der Waals surface area contributed by atoms with Gasteiger partial charge in [-0.1, -0.05) is 24.0 Å². The first-order chi connectivity index (χ1) is 29.8. The molecule has 1 atom stereocenters. The van der Waals surface area contributed by atoms with Crippen molar-refractivity contribution in [2.24, 2.45) is 5.73 Å². The number of methoxy groups -OCH3 is 1. The van der Waals surface area contributed by atoms with Gasteiger partial charge in [-0.15, -0.1) is 0 Å². The van der Waals surface area contributed by atoms with E-state index in [9.17, 15) is 33.0 Å². The molecule has 6 aromatic rings. The first kappa shape index (κ1) is 42.7. The molecule has 1 aromatic heterocycles. The Morgan fingerprint density at radius 3 is 2.56 bits per heavy atom. The maximum atomic E-state index is 14.1. The van der Waals surface area contributed by atoms with Gasteiger partial charge >= 0.3 is 0 Å². The summed E-state index contributed by atoms with van der Waals surface area (Å²) in [6.07, 6.45) is 1.71. The first-order valence-electron chi connectivity index (χ1n) is 19.4. The monoisotopic (exact) mass is 854 g/mol. The van der Waals surface area contributed by atoms with Gasteiger partial charge in [-0.05, 0) is 104 Å². The van der Waals surface area contributed by atoms with Crippen LogP contribution in [0.15, 0.2) is 113 Å². The van der Waals surface area contributed by atoms with Gasteiger partial charge in [-0.3, -0.25) is 19.4 Å². The van der Waals surface area contributed by atoms with E-state index in [0.29, 0.717) is 58.5 Å². The zero-order valence-electron chi connectivity index (χ0n) is 33.6. The van der Waals surface area contributed by atoms with Gasteiger partial charge in [0, 0.05) is 58.7 Å². The van der Waals surface area contributed by atoms with Crippen molar-refractivity contribution in [3.05, 3.63) is 131 Å². The number of fused-ring (bicyclic) bond motifs is 2. The fourth-order valence-corrected chi connectivity index (χ4v) is 8.22. The number of aliphatic hydroxyl groups is 1. The molecule has 0 fully saturated rings. The number of ether oxygens (including phenoxy) is 2. The van der Waals surface area contributed by atoms with Gasteiger partial charge < -0.3 is 46.7 Å². The van der Waals surface area contributed by atoms with Crippen LogP contribution in [0, 0.1) is 18.8 Å². The van der Waals surface area contributed by atoms with Gasteiger partial charge in [-0.2, -0.15) is 0 Å². The molecule has 0 radical (unpaired) electrons. The third kappa shape index (κ3) is 9.45. The van der Waals surface area contributed by atoms with E-state index in [1.807, 2.05) is 0 Å². The average Bonchev–Trinajstić information content (AvgIpc) is 3.27. The number of nitrogens with zero attached hydrogens (tertiary/aromatic N) is 1. The van der Waals surface area contributed by atoms with E-state index < -0.39 is 27.8 Å². The number of aryl methyl sites for hydroxylation is 1. The Kier molecular flexibility index (Phi) is 12.7. The molecule has 3 amide bonds. The van der Waals surface area contributed by atoms with Crippen LogP contribution in [0.2, 0.25) is 0 Å². The fraction of sp³-hybridized carbons (Fsp3) is 0.174. The van der Waals surface area contributed by atoms with E-state index in [1.165, 1.54) is 55.8 Å². The van der Waals surface area contributed by atoms with Crippen LogP contribution in [0.1, 0.15) is 56.4 Å². The van der Waals surface area contributed by atoms with Gasteiger partial charge in [-0.25, -0.2) is 8.42 Å². The Balaban J connectivity index is 0.971. The summed E-state index contributed by atoms with van der Waals surface area (Å²) in [6, 6.07) is 25.6. The number of primary amides is 1. The zero-order valence-corrected chi connectivity index (χ0v) is 34.4. The van der Waals surface area contributed by atoms with E-state index in [0.717, 1.165) is 5.56 Å². The summed E-state index contributed by atoms with van der Waals surface area (Å²) in [4.78, 5) is 41.8. The number of aliphatic hydroxyl groups excluding tert-OH is 1. The number of aromatic hydroxyl groups is 1. The largest absolute Gasteiger partial charge is 0.506 e. The van der Waals surface area contributed by atoms with Crippen LogP contribution in [0.25, 0.3) is 10.9 Å². The third-order valence-corrected chi connectivity index (χ3v) is 11.7. The van der Waals surface area contributed by atoms with Crippen LogP contribution in [-0.4, -0.2) is 68.1 Å². The second kappa shape index (κ2) is 18.4. The lowest BCUT2D eigenvalue weighted by molar-refractivity contribution is -0.118. The van der Waals surface area contributed by atoms with Crippen LogP contribution >= 0.6 is 0 Å². The van der Waals surface area contributed by atoms with Crippen molar-refractivity contribution in [3.63, 3.8) is 0 Å². The van der Waals surface area contributed by atoms with Crippen molar-refractivity contribution in [2.75, 3.05) is 42.8 Å². The van der Waals surface area contributed by atoms with E-state index in [1.54, 1.807) is 61.5 Å². The normalized spacial score (nSPS) is 12.5. The Labute approximate surface area is 357 Å². The molecular weight excluding hydrogens is 813 g/mol. The number of unbranched alkanes of at least 4 members (excludes halogenated alkanes) is 1. The summed E-state index contributed by atoms with van der Waals surface area (Å²) in [5.41, 5.74) is 9.58. The number of nitrogens with one attached hydrogen (secondary N) is 4. The smallest absolute Gasteiger partial charge is 0.262 e. The van der Waals surface area contributed by atoms with Crippen molar-refractivity contribution in [3.8, 4) is 29.1 Å². The molecule has 8 N–H and O–H groups in total. The molecule has 7 rings (SSSR count). The number of hydrogen-bond acceptors (Lipinski definition) is 12. The van der Waals surface area contributed by atoms with E-state index in [4.69, 9.17) is 15.2 Å². The van der Waals surface area contributed by atoms with Crippen LogP contribution in [-0.2, 0) is 14.6 Å². The average molecular weight is 855 g/mol. The van der Waals surface area contributed by atoms with Crippen LogP contribution in [0.5, 0.6) is 17.2 Å². The predicted octanol–water partition coefficient (Wildman–Crippen LogP) is 5.97. The number of nitrogens with two attached hydrogens (primary N) is 1. The lowest BCUT2D eigenvalue weighted by Gasteiger charge is -2.23. The van der Waals surface area contributed by atoms with E-state index in [-0.39, 0.29) is 62.9 Å². The highest BCUT2D eigenvalue weighted by Gasteiger charge is 2.26. The van der Waals surface area contributed by atoms with Gasteiger partial charge in [0.2, 0.25) is 9.84 Å². The minimum Gasteiger partial charge on any atom is -0.506 e. The molecule has 16 heteroatoms. The minimum absolute atomic E-state index is 0.0633. The topological polar surface area (TPSA) is 231 Å². The number of hydrogen-bond donors (Lipinski definition) is 7. The maximum absolute atomic E-state index is 14.1. The summed E-state index contributed by atoms with van der Waals surface area (Å²) in [6.45, 7) is 2.32. The molecule has 1 aliphatic heterocycles. The Morgan fingerprint density at radius 1 is 1.00 bits per heavy atom. The number of aromatic nitrogens is 1. The number of rotatable bonds is 14. The SMILES string of the molecule is COc1cccc(Nc2c(C(N)=O)cnc3c(C)cc(S(=O)(=O)c4cccc(C(=O)Nc5ccc(C#CCCCNCC(O)c6ccc(O)c7c6OCC(=O)N7)cc5)c4)cc23)c1. The number of pyridine rings is 1. The van der Waals surface area contributed by atoms with Gasteiger partial charge in [0.1, 0.15) is 17.2 Å². The summed E-state index contributed by atoms with van der Waals surface area (Å²) < 4.78 is 39.1. The summed E-state index contributed by atoms with van der Waals surface area (Å²) in [5, 5.41) is 32.8. The Hall–Kier alpha value is -7.45. The molecular formula is C46H42N6O9S. The molecule has 0 spiro atoms. The number of benzene rings is 5. The molecule has 5 aromatic carbocycles. The number of carbonyl (C=O) groups is 3. The number of sulfone groups is 1. The third-order valence-electron chi connectivity index (χ3n) is 9.96. The molecule has 0 saturated heterocycles. The molecule has 15 nitrogen and oxygen atoms in total. The highest BCUT2D eigenvalue weighted by molar-refractivity contribution is 7.91. The van der Waals surface area contributed by atoms with Crippen LogP contribution < -0.4 is 36.5 Å². The minimum atomic E-state index is -4.18. The van der Waals surface area contributed by atoms with E-state index in [2.05, 4.69) is 38.1 Å². The van der Waals surface area contributed by atoms with Crippen molar-refractivity contribution >= 4 is 61.2 Å². The molecule has 0 bridgehead atoms. The highest BCUT2D eigenvalue weighted by Crippen LogP contribution is 2.41. The molecule has 2 heterocycles. The molecule has 0 saturated carbocycles. The number of carbonyl (C=O) groups excluding carboxylic acids is 3. The lowest BCUT2D eigenvalue weighted by atomic mass is 10.1. The van der Waals surface area contributed by atoms with Gasteiger partial charge in [0.05, 0.1) is 39.8 Å². The van der Waals surface area contributed by atoms with Crippen molar-refractivity contribution in [2.45, 2.75) is 35.7 Å². The standard InChI is InChI=1S/C46H42N6O9S/c1-27-20-34(23-36-41(27)49-24-37(45(47)56)42(36)50-31-10-7-11-32(22-31)60-2)62(58,59)33-12-6-9-29(21-33)46(57)51-30-15-13-28(14-16-30)8-4-3-5-19-48-25-39(54)35-17-18-38(53)43-44(35)61-26-40(55)52-43/h6-7,9-18,20-24,39,48,53-54H,3,5,19,25-26H2,1-2H3,(H2,47,56)(H,49,50)(H,51,57)(H,52,55). The highest BCUT2D eigenvalue weighted by atomic mass is 32.2. The first-order valence-corrected chi connectivity index (χ1v) is 20.9. The summed E-state index contributed by atoms with van der Waals surface area (Å²) in [7, 11) is -2.66.